The van der Waals surface area contributed by atoms with Crippen LogP contribution in [0.4, 0.5) is 13.2 Å². The van der Waals surface area contributed by atoms with Crippen molar-refractivity contribution in [1.29, 1.82) is 0 Å². The molecule has 2 rings (SSSR count). The summed E-state index contributed by atoms with van der Waals surface area (Å²) in [6.45, 7) is 4.17. The van der Waals surface area contributed by atoms with E-state index in [4.69, 9.17) is 5.73 Å². The zero-order valence-electron chi connectivity index (χ0n) is 11.5. The molecule has 2 aromatic carbocycles. The van der Waals surface area contributed by atoms with Crippen LogP contribution < -0.4 is 5.73 Å². The van der Waals surface area contributed by atoms with Gasteiger partial charge in [-0.15, -0.1) is 0 Å². The van der Waals surface area contributed by atoms with Crippen LogP contribution in [0.3, 0.4) is 0 Å². The Labute approximate surface area is 116 Å². The zero-order valence-corrected chi connectivity index (χ0v) is 11.5. The van der Waals surface area contributed by atoms with Gasteiger partial charge in [-0.2, -0.15) is 13.2 Å². The van der Waals surface area contributed by atoms with E-state index in [2.05, 4.69) is 13.8 Å². The van der Waals surface area contributed by atoms with Crippen molar-refractivity contribution in [2.75, 3.05) is 0 Å². The van der Waals surface area contributed by atoms with Gasteiger partial charge in [-0.1, -0.05) is 50.2 Å². The van der Waals surface area contributed by atoms with Crippen molar-refractivity contribution in [2.45, 2.75) is 32.5 Å². The minimum Gasteiger partial charge on any atom is -0.316 e. The third-order valence-corrected chi connectivity index (χ3v) is 3.36. The summed E-state index contributed by atoms with van der Waals surface area (Å²) >= 11 is 0. The Bertz CT molecular complexity index is 602. The first-order valence-corrected chi connectivity index (χ1v) is 6.63. The highest BCUT2D eigenvalue weighted by Crippen LogP contribution is 2.35. The summed E-state index contributed by atoms with van der Waals surface area (Å²) in [6, 6.07) is 8.49. The zero-order chi connectivity index (χ0) is 14.9. The Morgan fingerprint density at radius 2 is 1.60 bits per heavy atom. The number of rotatable bonds is 3. The summed E-state index contributed by atoms with van der Waals surface area (Å²) < 4.78 is 38.5. The van der Waals surface area contributed by atoms with Crippen LogP contribution in [-0.4, -0.2) is 6.18 Å². The summed E-state index contributed by atoms with van der Waals surface area (Å²) in [5.41, 5.74) is 6.57. The SMILES string of the molecule is CC(C)Cc1ccc([C@H](N)C(F)(F)F)c2ccccc12. The molecule has 0 aromatic heterocycles. The van der Waals surface area contributed by atoms with Gasteiger partial charge in [0.05, 0.1) is 0 Å². The fraction of sp³-hybridized carbons (Fsp3) is 0.375. The Hall–Kier alpha value is -1.55. The second kappa shape index (κ2) is 5.44. The number of hydrogen-bond acceptors (Lipinski definition) is 1. The molecule has 108 valence electrons. The minimum absolute atomic E-state index is 0.139. The van der Waals surface area contributed by atoms with Crippen molar-refractivity contribution in [3.63, 3.8) is 0 Å². The van der Waals surface area contributed by atoms with Crippen LogP contribution in [0.2, 0.25) is 0 Å². The molecule has 20 heavy (non-hydrogen) atoms. The van der Waals surface area contributed by atoms with Gasteiger partial charge >= 0.3 is 6.18 Å². The molecule has 0 unspecified atom stereocenters. The molecule has 0 aliphatic rings. The van der Waals surface area contributed by atoms with Crippen LogP contribution >= 0.6 is 0 Å². The van der Waals surface area contributed by atoms with Crippen LogP contribution in [0.5, 0.6) is 0 Å². The van der Waals surface area contributed by atoms with Crippen molar-refractivity contribution >= 4 is 10.8 Å². The minimum atomic E-state index is -4.43. The molecule has 1 atom stereocenters. The van der Waals surface area contributed by atoms with E-state index in [-0.39, 0.29) is 5.56 Å². The molecule has 0 heterocycles. The topological polar surface area (TPSA) is 26.0 Å². The van der Waals surface area contributed by atoms with Crippen molar-refractivity contribution in [3.8, 4) is 0 Å². The molecule has 0 saturated heterocycles. The molecule has 0 aliphatic heterocycles. The average Bonchev–Trinajstić information content (AvgIpc) is 2.37. The highest BCUT2D eigenvalue weighted by Gasteiger charge is 2.38. The van der Waals surface area contributed by atoms with Gasteiger partial charge in [0.25, 0.3) is 0 Å². The monoisotopic (exact) mass is 281 g/mol. The van der Waals surface area contributed by atoms with E-state index in [0.29, 0.717) is 11.3 Å². The number of nitrogens with two attached hydrogens (primary N) is 1. The lowest BCUT2D eigenvalue weighted by atomic mass is 9.92. The van der Waals surface area contributed by atoms with Crippen LogP contribution in [0.15, 0.2) is 36.4 Å². The van der Waals surface area contributed by atoms with Crippen LogP contribution in [0.25, 0.3) is 10.8 Å². The second-order valence-electron chi connectivity index (χ2n) is 5.48. The van der Waals surface area contributed by atoms with Gasteiger partial charge < -0.3 is 5.73 Å². The van der Waals surface area contributed by atoms with E-state index in [9.17, 15) is 13.2 Å². The summed E-state index contributed by atoms with van der Waals surface area (Å²) in [7, 11) is 0. The van der Waals surface area contributed by atoms with Gasteiger partial charge in [-0.3, -0.25) is 0 Å². The summed E-state index contributed by atoms with van der Waals surface area (Å²) in [5.74, 6) is 0.445. The summed E-state index contributed by atoms with van der Waals surface area (Å²) in [6.07, 6.45) is -3.59. The molecule has 0 radical (unpaired) electrons. The largest absolute Gasteiger partial charge is 0.407 e. The molecule has 0 aliphatic carbocycles. The van der Waals surface area contributed by atoms with Gasteiger partial charge in [-0.05, 0) is 34.2 Å². The normalized spacial score (nSPS) is 13.9. The molecule has 2 aromatic rings. The molecule has 2 N–H and O–H groups in total. The Morgan fingerprint density at radius 1 is 1.00 bits per heavy atom. The van der Waals surface area contributed by atoms with E-state index in [1.807, 2.05) is 12.1 Å². The van der Waals surface area contributed by atoms with Gasteiger partial charge in [0.15, 0.2) is 0 Å². The molecule has 4 heteroatoms. The highest BCUT2D eigenvalue weighted by molar-refractivity contribution is 5.89. The van der Waals surface area contributed by atoms with Crippen molar-refractivity contribution in [3.05, 3.63) is 47.5 Å². The van der Waals surface area contributed by atoms with Crippen LogP contribution in [0, 0.1) is 5.92 Å². The molecule has 0 spiro atoms. The Kier molecular flexibility index (Phi) is 4.04. The van der Waals surface area contributed by atoms with Crippen molar-refractivity contribution < 1.29 is 13.2 Å². The second-order valence-corrected chi connectivity index (χ2v) is 5.48. The van der Waals surface area contributed by atoms with Crippen molar-refractivity contribution in [2.24, 2.45) is 11.7 Å². The Morgan fingerprint density at radius 3 is 2.15 bits per heavy atom. The molecular formula is C16H18F3N. The van der Waals surface area contributed by atoms with Gasteiger partial charge in [-0.25, -0.2) is 0 Å². The fourth-order valence-corrected chi connectivity index (χ4v) is 2.45. The first kappa shape index (κ1) is 14.9. The van der Waals surface area contributed by atoms with E-state index < -0.39 is 12.2 Å². The highest BCUT2D eigenvalue weighted by atomic mass is 19.4. The van der Waals surface area contributed by atoms with Gasteiger partial charge in [0.1, 0.15) is 6.04 Å². The number of benzene rings is 2. The van der Waals surface area contributed by atoms with Gasteiger partial charge in [0, 0.05) is 0 Å². The average molecular weight is 281 g/mol. The van der Waals surface area contributed by atoms with Gasteiger partial charge in [0.2, 0.25) is 0 Å². The fourth-order valence-electron chi connectivity index (χ4n) is 2.45. The maximum Gasteiger partial charge on any atom is 0.407 e. The molecular weight excluding hydrogens is 263 g/mol. The standard InChI is InChI=1S/C16H18F3N/c1-10(2)9-11-7-8-14(15(20)16(17,18)19)13-6-4-3-5-12(11)13/h3-8,10,15H,9,20H2,1-2H3/t15-/m0/s1. The Balaban J connectivity index is 2.60. The third kappa shape index (κ3) is 2.96. The van der Waals surface area contributed by atoms with Crippen LogP contribution in [-0.2, 0) is 6.42 Å². The summed E-state index contributed by atoms with van der Waals surface area (Å²) in [4.78, 5) is 0. The van der Waals surface area contributed by atoms with E-state index in [0.717, 1.165) is 17.4 Å². The van der Waals surface area contributed by atoms with E-state index >= 15 is 0 Å². The smallest absolute Gasteiger partial charge is 0.316 e. The number of hydrogen-bond donors (Lipinski definition) is 1. The predicted octanol–water partition coefficient (Wildman–Crippen LogP) is 4.60. The molecule has 0 amide bonds. The number of alkyl halides is 3. The van der Waals surface area contributed by atoms with Crippen molar-refractivity contribution in [1.82, 2.24) is 0 Å². The first-order chi connectivity index (χ1) is 9.30. The predicted molar refractivity (Wildman–Crippen MR) is 75.5 cm³/mol. The molecule has 1 nitrogen and oxygen atoms in total. The lowest BCUT2D eigenvalue weighted by molar-refractivity contribution is -0.148. The summed E-state index contributed by atoms with van der Waals surface area (Å²) in [5, 5.41) is 1.45. The third-order valence-electron chi connectivity index (χ3n) is 3.36. The van der Waals surface area contributed by atoms with Crippen LogP contribution in [0.1, 0.15) is 31.0 Å². The lowest BCUT2D eigenvalue weighted by Gasteiger charge is -2.19. The van der Waals surface area contributed by atoms with E-state index in [1.165, 1.54) is 6.07 Å². The molecule has 0 bridgehead atoms. The maximum absolute atomic E-state index is 12.8. The van der Waals surface area contributed by atoms with E-state index in [1.54, 1.807) is 18.2 Å². The quantitative estimate of drug-likeness (QED) is 0.874. The number of fused-ring (bicyclic) bond motifs is 1. The molecule has 0 fully saturated rings. The lowest BCUT2D eigenvalue weighted by Crippen LogP contribution is -2.28. The first-order valence-electron chi connectivity index (χ1n) is 6.63. The number of halogens is 3. The molecule has 0 saturated carbocycles. The maximum atomic E-state index is 12.8.